The fraction of sp³-hybridized carbons (Fsp3) is 0.167. The van der Waals surface area contributed by atoms with Gasteiger partial charge in [-0.25, -0.2) is 4.98 Å². The van der Waals surface area contributed by atoms with Crippen LogP contribution in [0.5, 0.6) is 5.75 Å². The Balaban J connectivity index is 1.92. The van der Waals surface area contributed by atoms with Crippen molar-refractivity contribution in [2.24, 2.45) is 0 Å². The molecule has 3 rings (SSSR count). The van der Waals surface area contributed by atoms with Crippen LogP contribution in [0.1, 0.15) is 21.6 Å². The average molecular weight is 411 g/mol. The number of nitrogens with zero attached hydrogens (tertiary/aromatic N) is 3. The van der Waals surface area contributed by atoms with Gasteiger partial charge >= 0.3 is 6.18 Å². The number of hydrogen-bond donors (Lipinski definition) is 1. The zero-order chi connectivity index (χ0) is 20.5. The Bertz CT molecular complexity index is 1020. The summed E-state index contributed by atoms with van der Waals surface area (Å²) in [5, 5.41) is 7.25. The van der Waals surface area contributed by atoms with Crippen molar-refractivity contribution in [2.45, 2.75) is 13.1 Å². The first-order valence-electron chi connectivity index (χ1n) is 7.94. The molecule has 1 amide bonds. The predicted molar refractivity (Wildman–Crippen MR) is 97.1 cm³/mol. The van der Waals surface area contributed by atoms with Gasteiger partial charge in [-0.05, 0) is 37.3 Å². The maximum Gasteiger partial charge on any atom is 0.417 e. The van der Waals surface area contributed by atoms with Crippen LogP contribution in [0.15, 0.2) is 42.6 Å². The van der Waals surface area contributed by atoms with E-state index in [9.17, 15) is 18.0 Å². The van der Waals surface area contributed by atoms with Crippen LogP contribution < -0.4 is 10.1 Å². The van der Waals surface area contributed by atoms with Crippen molar-refractivity contribution in [1.82, 2.24) is 14.8 Å². The normalized spacial score (nSPS) is 11.4. The maximum atomic E-state index is 12.7. The number of hydrogen-bond acceptors (Lipinski definition) is 4. The highest BCUT2D eigenvalue weighted by molar-refractivity contribution is 6.31. The SMILES string of the molecule is COc1cc(Cl)ccc1C(=O)Nc1cc(C)nn1-c1ccc(C(F)(F)F)cn1. The van der Waals surface area contributed by atoms with Crippen LogP contribution in [0.2, 0.25) is 5.02 Å². The molecule has 2 heterocycles. The first kappa shape index (κ1) is 19.7. The molecule has 0 bridgehead atoms. The molecule has 0 unspecified atom stereocenters. The van der Waals surface area contributed by atoms with Gasteiger partial charge in [0.2, 0.25) is 0 Å². The van der Waals surface area contributed by atoms with Crippen LogP contribution >= 0.6 is 11.6 Å². The highest BCUT2D eigenvalue weighted by atomic mass is 35.5. The average Bonchev–Trinajstić information content (AvgIpc) is 3.01. The van der Waals surface area contributed by atoms with Gasteiger partial charge in [-0.1, -0.05) is 11.6 Å². The lowest BCUT2D eigenvalue weighted by atomic mass is 10.2. The fourth-order valence-electron chi connectivity index (χ4n) is 2.48. The lowest BCUT2D eigenvalue weighted by Gasteiger charge is -2.11. The minimum atomic E-state index is -4.49. The molecule has 1 N–H and O–H groups in total. The monoisotopic (exact) mass is 410 g/mol. The predicted octanol–water partition coefficient (Wildman–Crippen LogP) is 4.51. The molecule has 0 spiro atoms. The van der Waals surface area contributed by atoms with Crippen LogP contribution in [0.3, 0.4) is 0 Å². The molecule has 6 nitrogen and oxygen atoms in total. The lowest BCUT2D eigenvalue weighted by Crippen LogP contribution is -2.16. The summed E-state index contributed by atoms with van der Waals surface area (Å²) in [6.45, 7) is 1.68. The maximum absolute atomic E-state index is 12.7. The molecular weight excluding hydrogens is 397 g/mol. The van der Waals surface area contributed by atoms with Crippen molar-refractivity contribution in [2.75, 3.05) is 12.4 Å². The minimum absolute atomic E-state index is 0.125. The second kappa shape index (κ2) is 7.51. The summed E-state index contributed by atoms with van der Waals surface area (Å²) in [6, 6.07) is 8.18. The van der Waals surface area contributed by atoms with Gasteiger partial charge in [-0.2, -0.15) is 23.0 Å². The minimum Gasteiger partial charge on any atom is -0.496 e. The topological polar surface area (TPSA) is 69.0 Å². The Hall–Kier alpha value is -3.07. The van der Waals surface area contributed by atoms with E-state index >= 15 is 0 Å². The Labute approximate surface area is 162 Å². The summed E-state index contributed by atoms with van der Waals surface area (Å²) in [5.74, 6) is 0.147. The van der Waals surface area contributed by atoms with Gasteiger partial charge < -0.3 is 10.1 Å². The molecule has 146 valence electrons. The molecule has 0 aliphatic heterocycles. The first-order valence-corrected chi connectivity index (χ1v) is 8.32. The Morgan fingerprint density at radius 2 is 1.96 bits per heavy atom. The van der Waals surface area contributed by atoms with Gasteiger partial charge in [-0.15, -0.1) is 0 Å². The van der Waals surface area contributed by atoms with E-state index in [0.29, 0.717) is 16.9 Å². The molecule has 0 saturated carbocycles. The fourth-order valence-corrected chi connectivity index (χ4v) is 2.64. The number of nitrogens with one attached hydrogen (secondary N) is 1. The number of carbonyl (C=O) groups is 1. The van der Waals surface area contributed by atoms with Crippen molar-refractivity contribution < 1.29 is 22.7 Å². The molecule has 10 heteroatoms. The third-order valence-corrected chi connectivity index (χ3v) is 4.01. The Morgan fingerprint density at radius 3 is 2.57 bits per heavy atom. The van der Waals surface area contributed by atoms with Gasteiger partial charge in [-0.3, -0.25) is 4.79 Å². The van der Waals surface area contributed by atoms with Gasteiger partial charge in [0.1, 0.15) is 11.6 Å². The van der Waals surface area contributed by atoms with Crippen LogP contribution in [0, 0.1) is 6.92 Å². The summed E-state index contributed by atoms with van der Waals surface area (Å²) < 4.78 is 44.6. The third kappa shape index (κ3) is 4.09. The number of halogens is 4. The van der Waals surface area contributed by atoms with E-state index in [1.807, 2.05) is 0 Å². The Kier molecular flexibility index (Phi) is 5.28. The van der Waals surface area contributed by atoms with Crippen LogP contribution in [-0.2, 0) is 6.18 Å². The second-order valence-corrected chi connectivity index (χ2v) is 6.22. The van der Waals surface area contributed by atoms with Crippen molar-refractivity contribution in [3.63, 3.8) is 0 Å². The third-order valence-electron chi connectivity index (χ3n) is 3.77. The number of aryl methyl sites for hydroxylation is 1. The number of anilines is 1. The largest absolute Gasteiger partial charge is 0.496 e. The molecule has 0 aliphatic carbocycles. The smallest absolute Gasteiger partial charge is 0.417 e. The zero-order valence-corrected chi connectivity index (χ0v) is 15.5. The highest BCUT2D eigenvalue weighted by Gasteiger charge is 2.30. The number of aromatic nitrogens is 3. The quantitative estimate of drug-likeness (QED) is 0.687. The summed E-state index contributed by atoms with van der Waals surface area (Å²) in [6.07, 6.45) is -3.78. The summed E-state index contributed by atoms with van der Waals surface area (Å²) >= 11 is 5.90. The molecule has 0 fully saturated rings. The van der Waals surface area contributed by atoms with E-state index in [0.717, 1.165) is 6.07 Å². The van der Waals surface area contributed by atoms with Crippen LogP contribution in [0.25, 0.3) is 5.82 Å². The highest BCUT2D eigenvalue weighted by Crippen LogP contribution is 2.29. The van der Waals surface area contributed by atoms with Gasteiger partial charge in [0, 0.05) is 17.3 Å². The van der Waals surface area contributed by atoms with E-state index in [-0.39, 0.29) is 22.9 Å². The molecule has 0 aliphatic rings. The van der Waals surface area contributed by atoms with Gasteiger partial charge in [0.25, 0.3) is 5.91 Å². The molecule has 1 aromatic carbocycles. The van der Waals surface area contributed by atoms with Gasteiger partial charge in [0.05, 0.1) is 23.9 Å². The number of alkyl halides is 3. The van der Waals surface area contributed by atoms with Crippen molar-refractivity contribution in [1.29, 1.82) is 0 Å². The zero-order valence-electron chi connectivity index (χ0n) is 14.7. The number of ether oxygens (including phenoxy) is 1. The number of amides is 1. The molecular formula is C18H14ClF3N4O2. The standard InChI is InChI=1S/C18H14ClF3N4O2/c1-10-7-16(24-17(27)13-5-4-12(19)8-14(13)28-2)26(25-10)15-6-3-11(9-23-15)18(20,21)22/h3-9H,1-2H3,(H,24,27). The number of carbonyl (C=O) groups excluding carboxylic acids is 1. The van der Waals surface area contributed by atoms with Crippen LogP contribution in [-0.4, -0.2) is 27.8 Å². The number of rotatable bonds is 4. The number of benzene rings is 1. The summed E-state index contributed by atoms with van der Waals surface area (Å²) in [5.41, 5.74) is -0.102. The molecule has 2 aromatic heterocycles. The van der Waals surface area contributed by atoms with E-state index in [1.54, 1.807) is 19.1 Å². The lowest BCUT2D eigenvalue weighted by molar-refractivity contribution is -0.137. The molecule has 0 saturated heterocycles. The molecule has 0 radical (unpaired) electrons. The molecule has 0 atom stereocenters. The summed E-state index contributed by atoms with van der Waals surface area (Å²) in [7, 11) is 1.41. The van der Waals surface area contributed by atoms with E-state index < -0.39 is 17.6 Å². The first-order chi connectivity index (χ1) is 13.2. The van der Waals surface area contributed by atoms with Crippen molar-refractivity contribution in [3.05, 3.63) is 64.4 Å². The molecule has 28 heavy (non-hydrogen) atoms. The second-order valence-electron chi connectivity index (χ2n) is 5.78. The number of methoxy groups -OCH3 is 1. The van der Waals surface area contributed by atoms with E-state index in [2.05, 4.69) is 15.4 Å². The summed E-state index contributed by atoms with van der Waals surface area (Å²) in [4.78, 5) is 16.4. The number of pyridine rings is 1. The van der Waals surface area contributed by atoms with Crippen molar-refractivity contribution >= 4 is 23.3 Å². The van der Waals surface area contributed by atoms with Crippen LogP contribution in [0.4, 0.5) is 19.0 Å². The Morgan fingerprint density at radius 1 is 1.21 bits per heavy atom. The van der Waals surface area contributed by atoms with E-state index in [4.69, 9.17) is 16.3 Å². The molecule has 3 aromatic rings. The van der Waals surface area contributed by atoms with Gasteiger partial charge in [0.15, 0.2) is 5.82 Å². The van der Waals surface area contributed by atoms with E-state index in [1.165, 1.54) is 30.0 Å². The van der Waals surface area contributed by atoms with Crippen molar-refractivity contribution in [3.8, 4) is 11.6 Å².